The van der Waals surface area contributed by atoms with Gasteiger partial charge in [-0.3, -0.25) is 0 Å². The quantitative estimate of drug-likeness (QED) is 0.477. The van der Waals surface area contributed by atoms with Crippen molar-refractivity contribution in [2.24, 2.45) is 5.16 Å². The van der Waals surface area contributed by atoms with Crippen LogP contribution < -0.4 is 4.74 Å². The molecular formula is C13H13Cl2NO4. The Balaban J connectivity index is 3.17. The summed E-state index contributed by atoms with van der Waals surface area (Å²) in [6.45, 7) is 5.10. The van der Waals surface area contributed by atoms with Crippen molar-refractivity contribution >= 4 is 34.9 Å². The lowest BCUT2D eigenvalue weighted by Gasteiger charge is -2.12. The maximum atomic E-state index is 10.5. The van der Waals surface area contributed by atoms with Crippen LogP contribution in [0.4, 0.5) is 0 Å². The maximum absolute atomic E-state index is 10.5. The van der Waals surface area contributed by atoms with Gasteiger partial charge in [0.15, 0.2) is 6.61 Å². The Morgan fingerprint density at radius 2 is 2.05 bits per heavy atom. The number of halogens is 2. The Morgan fingerprint density at radius 1 is 1.40 bits per heavy atom. The van der Waals surface area contributed by atoms with Crippen molar-refractivity contribution in [3.05, 3.63) is 39.9 Å². The molecule has 7 heteroatoms. The summed E-state index contributed by atoms with van der Waals surface area (Å²) >= 11 is 12.1. The number of hydrogen-bond acceptors (Lipinski definition) is 4. The van der Waals surface area contributed by atoms with Crippen LogP contribution in [0.15, 0.2) is 29.4 Å². The van der Waals surface area contributed by atoms with Crippen LogP contribution in [0.5, 0.6) is 5.75 Å². The van der Waals surface area contributed by atoms with Crippen molar-refractivity contribution in [1.82, 2.24) is 0 Å². The minimum atomic E-state index is -1.13. The number of carboxylic acid groups (broad SMARTS) is 1. The van der Waals surface area contributed by atoms with E-state index >= 15 is 0 Å². The fourth-order valence-electron chi connectivity index (χ4n) is 1.45. The Bertz CT molecular complexity index is 570. The molecule has 0 saturated carbocycles. The number of carboxylic acids is 1. The molecule has 0 aliphatic heterocycles. The van der Waals surface area contributed by atoms with Gasteiger partial charge >= 0.3 is 5.97 Å². The molecule has 0 aromatic heterocycles. The summed E-state index contributed by atoms with van der Waals surface area (Å²) in [5.41, 5.74) is 1.21. The van der Waals surface area contributed by atoms with Crippen LogP contribution in [-0.2, 0) is 4.79 Å². The molecule has 0 bridgehead atoms. The van der Waals surface area contributed by atoms with E-state index < -0.39 is 12.6 Å². The van der Waals surface area contributed by atoms with Crippen LogP contribution in [0.2, 0.25) is 10.0 Å². The zero-order chi connectivity index (χ0) is 15.3. The third-order valence-corrected chi connectivity index (χ3v) is 3.38. The molecular weight excluding hydrogens is 305 g/mol. The van der Waals surface area contributed by atoms with Crippen molar-refractivity contribution in [3.8, 4) is 5.75 Å². The number of carbonyl (C=O) groups is 1. The standard InChI is InChI=1S/C13H13Cl2NO4/c1-3-7(2)13(16-19)8-4-5-9(12(15)11(8)14)20-6-10(17)18/h4-5,19H,2-3,6H2,1H3,(H,17,18)/b16-13+. The van der Waals surface area contributed by atoms with E-state index in [0.717, 1.165) is 0 Å². The first-order valence-corrected chi connectivity index (χ1v) is 6.41. The second-order valence-corrected chi connectivity index (χ2v) is 4.58. The normalized spacial score (nSPS) is 11.2. The number of ether oxygens (including phenoxy) is 1. The van der Waals surface area contributed by atoms with Crippen LogP contribution in [0.25, 0.3) is 0 Å². The van der Waals surface area contributed by atoms with Gasteiger partial charge in [0.2, 0.25) is 0 Å². The molecule has 0 spiro atoms. The molecule has 0 radical (unpaired) electrons. The van der Waals surface area contributed by atoms with E-state index in [2.05, 4.69) is 11.7 Å². The second kappa shape index (κ2) is 7.17. The number of aliphatic carboxylic acids is 1. The number of allylic oxidation sites excluding steroid dienone is 1. The monoisotopic (exact) mass is 317 g/mol. The highest BCUT2D eigenvalue weighted by Gasteiger charge is 2.17. The van der Waals surface area contributed by atoms with Crippen LogP contribution in [-0.4, -0.2) is 28.6 Å². The summed E-state index contributed by atoms with van der Waals surface area (Å²) in [6, 6.07) is 2.99. The predicted octanol–water partition coefficient (Wildman–Crippen LogP) is 3.60. The van der Waals surface area contributed by atoms with Gasteiger partial charge in [-0.15, -0.1) is 0 Å². The first-order valence-electron chi connectivity index (χ1n) is 5.65. The van der Waals surface area contributed by atoms with Crippen LogP contribution in [0, 0.1) is 0 Å². The van der Waals surface area contributed by atoms with Gasteiger partial charge in [-0.05, 0) is 24.1 Å². The summed E-state index contributed by atoms with van der Waals surface area (Å²) in [6.07, 6.45) is 0.574. The second-order valence-electron chi connectivity index (χ2n) is 3.83. The molecule has 0 atom stereocenters. The van der Waals surface area contributed by atoms with Crippen LogP contribution >= 0.6 is 23.2 Å². The lowest BCUT2D eigenvalue weighted by Crippen LogP contribution is -2.10. The van der Waals surface area contributed by atoms with Crippen molar-refractivity contribution in [1.29, 1.82) is 0 Å². The number of nitrogens with zero attached hydrogens (tertiary/aromatic N) is 1. The first kappa shape index (κ1) is 16.3. The molecule has 0 unspecified atom stereocenters. The molecule has 0 fully saturated rings. The lowest BCUT2D eigenvalue weighted by molar-refractivity contribution is -0.139. The Hall–Kier alpha value is -1.72. The lowest BCUT2D eigenvalue weighted by atomic mass is 10.0. The first-order chi connectivity index (χ1) is 9.42. The molecule has 1 aromatic rings. The Labute approximate surface area is 126 Å². The summed E-state index contributed by atoms with van der Waals surface area (Å²) in [5, 5.41) is 20.9. The van der Waals surface area contributed by atoms with Gasteiger partial charge < -0.3 is 15.1 Å². The minimum absolute atomic E-state index is 0.0514. The molecule has 0 aliphatic carbocycles. The molecule has 1 aromatic carbocycles. The van der Waals surface area contributed by atoms with E-state index in [1.165, 1.54) is 12.1 Å². The van der Waals surface area contributed by atoms with Gasteiger partial charge in [0.05, 0.1) is 5.02 Å². The average Bonchev–Trinajstić information content (AvgIpc) is 2.42. The van der Waals surface area contributed by atoms with Crippen LogP contribution in [0.1, 0.15) is 18.9 Å². The molecule has 1 rings (SSSR count). The number of benzene rings is 1. The van der Waals surface area contributed by atoms with E-state index in [9.17, 15) is 4.79 Å². The van der Waals surface area contributed by atoms with Gasteiger partial charge in [0.1, 0.15) is 16.5 Å². The van der Waals surface area contributed by atoms with Gasteiger partial charge in [0.25, 0.3) is 0 Å². The van der Waals surface area contributed by atoms with E-state index in [4.69, 9.17) is 38.3 Å². The zero-order valence-electron chi connectivity index (χ0n) is 10.7. The Morgan fingerprint density at radius 3 is 2.55 bits per heavy atom. The average molecular weight is 318 g/mol. The molecule has 0 aliphatic rings. The van der Waals surface area contributed by atoms with Gasteiger partial charge in [-0.2, -0.15) is 0 Å². The topological polar surface area (TPSA) is 79.1 Å². The molecule has 108 valence electrons. The minimum Gasteiger partial charge on any atom is -0.480 e. The Kier molecular flexibility index (Phi) is 5.85. The van der Waals surface area contributed by atoms with E-state index in [1.54, 1.807) is 0 Å². The zero-order valence-corrected chi connectivity index (χ0v) is 12.2. The van der Waals surface area contributed by atoms with Crippen molar-refractivity contribution < 1.29 is 19.8 Å². The molecule has 20 heavy (non-hydrogen) atoms. The van der Waals surface area contributed by atoms with Crippen molar-refractivity contribution in [2.45, 2.75) is 13.3 Å². The summed E-state index contributed by atoms with van der Waals surface area (Å²) in [5.74, 6) is -0.986. The third kappa shape index (κ3) is 3.65. The van der Waals surface area contributed by atoms with Crippen LogP contribution in [0.3, 0.4) is 0 Å². The SMILES string of the molecule is C=C(CC)/C(=N\O)c1ccc(OCC(=O)O)c(Cl)c1Cl. The highest BCUT2D eigenvalue weighted by molar-refractivity contribution is 6.45. The fraction of sp³-hybridized carbons (Fsp3) is 0.231. The smallest absolute Gasteiger partial charge is 0.341 e. The number of hydrogen-bond donors (Lipinski definition) is 2. The summed E-state index contributed by atoms with van der Waals surface area (Å²) in [7, 11) is 0. The molecule has 2 N–H and O–H groups in total. The number of rotatable bonds is 6. The molecule has 0 amide bonds. The fourth-order valence-corrected chi connectivity index (χ4v) is 1.91. The van der Waals surface area contributed by atoms with Gasteiger partial charge in [-0.1, -0.05) is 41.9 Å². The van der Waals surface area contributed by atoms with Gasteiger partial charge in [-0.25, -0.2) is 4.79 Å². The molecule has 0 saturated heterocycles. The largest absolute Gasteiger partial charge is 0.480 e. The van der Waals surface area contributed by atoms with Gasteiger partial charge in [0, 0.05) is 5.56 Å². The maximum Gasteiger partial charge on any atom is 0.341 e. The van der Waals surface area contributed by atoms with E-state index in [1.807, 2.05) is 6.92 Å². The highest BCUT2D eigenvalue weighted by Crippen LogP contribution is 2.36. The van der Waals surface area contributed by atoms with E-state index in [0.29, 0.717) is 17.6 Å². The summed E-state index contributed by atoms with van der Waals surface area (Å²) < 4.78 is 4.99. The predicted molar refractivity (Wildman–Crippen MR) is 77.3 cm³/mol. The van der Waals surface area contributed by atoms with Crippen molar-refractivity contribution in [3.63, 3.8) is 0 Å². The highest BCUT2D eigenvalue weighted by atomic mass is 35.5. The number of oxime groups is 1. The molecule has 0 heterocycles. The van der Waals surface area contributed by atoms with Crippen molar-refractivity contribution in [2.75, 3.05) is 6.61 Å². The third-order valence-electron chi connectivity index (χ3n) is 2.51. The summed E-state index contributed by atoms with van der Waals surface area (Å²) in [4.78, 5) is 10.5. The van der Waals surface area contributed by atoms with E-state index in [-0.39, 0.29) is 21.5 Å². The molecule has 5 nitrogen and oxygen atoms in total.